The van der Waals surface area contributed by atoms with Gasteiger partial charge in [-0.3, -0.25) is 14.5 Å². The summed E-state index contributed by atoms with van der Waals surface area (Å²) in [6.45, 7) is 3.78. The third kappa shape index (κ3) is 4.19. The number of nitrogens with zero attached hydrogens (tertiary/aromatic N) is 2. The maximum absolute atomic E-state index is 12.8. The fraction of sp³-hybridized carbons (Fsp3) is 0.364. The first kappa shape index (κ1) is 19.3. The molecular weight excluding hydrogens is 372 g/mol. The molecule has 0 radical (unpaired) electrons. The van der Waals surface area contributed by atoms with E-state index in [1.54, 1.807) is 37.4 Å². The monoisotopic (exact) mass is 396 g/mol. The first-order valence-corrected chi connectivity index (χ1v) is 9.73. The molecule has 2 aliphatic rings. The number of rotatable bonds is 5. The smallest absolute Gasteiger partial charge is 0.257 e. The Hall–Kier alpha value is -3.06. The highest BCUT2D eigenvalue weighted by atomic mass is 16.6. The van der Waals surface area contributed by atoms with Crippen LogP contribution in [0.4, 0.5) is 0 Å². The third-order valence-electron chi connectivity index (χ3n) is 5.23. The fourth-order valence-corrected chi connectivity index (χ4v) is 3.61. The van der Waals surface area contributed by atoms with Crippen LogP contribution in [0.1, 0.15) is 20.7 Å². The van der Waals surface area contributed by atoms with Gasteiger partial charge in [0.15, 0.2) is 17.3 Å². The van der Waals surface area contributed by atoms with Crippen LogP contribution in [0.5, 0.6) is 17.2 Å². The molecule has 0 spiro atoms. The number of carbonyl (C=O) groups is 2. The van der Waals surface area contributed by atoms with Crippen LogP contribution in [0.25, 0.3) is 0 Å². The van der Waals surface area contributed by atoms with Gasteiger partial charge >= 0.3 is 0 Å². The van der Waals surface area contributed by atoms with Gasteiger partial charge in [0.25, 0.3) is 5.91 Å². The number of Topliss-reactive ketones (excluding diaryl/α,β-unsaturated/α-hetero) is 1. The number of benzene rings is 2. The van der Waals surface area contributed by atoms with E-state index in [0.717, 1.165) is 0 Å². The molecule has 1 saturated heterocycles. The predicted molar refractivity (Wildman–Crippen MR) is 107 cm³/mol. The van der Waals surface area contributed by atoms with Crippen LogP contribution >= 0.6 is 0 Å². The highest BCUT2D eigenvalue weighted by Crippen LogP contribution is 2.31. The summed E-state index contributed by atoms with van der Waals surface area (Å²) in [5.41, 5.74) is 1.18. The molecule has 0 aliphatic carbocycles. The zero-order valence-electron chi connectivity index (χ0n) is 16.4. The molecular formula is C22H24N2O5. The number of piperazine rings is 1. The highest BCUT2D eigenvalue weighted by molar-refractivity contribution is 5.98. The maximum Gasteiger partial charge on any atom is 0.257 e. The summed E-state index contributed by atoms with van der Waals surface area (Å²) in [6.07, 6.45) is 0. The Bertz CT molecular complexity index is 906. The molecule has 0 atom stereocenters. The van der Waals surface area contributed by atoms with Crippen LogP contribution in [-0.4, -0.2) is 74.5 Å². The number of amides is 1. The Labute approximate surface area is 169 Å². The number of methoxy groups -OCH3 is 1. The number of hydrogen-bond acceptors (Lipinski definition) is 6. The summed E-state index contributed by atoms with van der Waals surface area (Å²) in [7, 11) is 1.56. The number of carbonyl (C=O) groups excluding carboxylic acids is 2. The second kappa shape index (κ2) is 8.53. The molecule has 152 valence electrons. The summed E-state index contributed by atoms with van der Waals surface area (Å²) < 4.78 is 16.4. The van der Waals surface area contributed by atoms with Crippen molar-refractivity contribution in [1.82, 2.24) is 9.80 Å². The molecule has 0 aromatic heterocycles. The predicted octanol–water partition coefficient (Wildman–Crippen LogP) is 2.11. The van der Waals surface area contributed by atoms with Crippen molar-refractivity contribution >= 4 is 11.7 Å². The van der Waals surface area contributed by atoms with Crippen molar-refractivity contribution in [2.24, 2.45) is 0 Å². The van der Waals surface area contributed by atoms with Gasteiger partial charge in [-0.05, 0) is 30.3 Å². The number of para-hydroxylation sites is 1. The molecule has 0 saturated carbocycles. The molecule has 2 aromatic carbocycles. The second-order valence-electron chi connectivity index (χ2n) is 7.05. The third-order valence-corrected chi connectivity index (χ3v) is 5.23. The van der Waals surface area contributed by atoms with E-state index in [0.29, 0.717) is 74.3 Å². The van der Waals surface area contributed by atoms with Crippen molar-refractivity contribution < 1.29 is 23.8 Å². The summed E-state index contributed by atoms with van der Waals surface area (Å²) >= 11 is 0. The molecule has 1 fully saturated rings. The van der Waals surface area contributed by atoms with E-state index >= 15 is 0 Å². The topological polar surface area (TPSA) is 68.3 Å². The van der Waals surface area contributed by atoms with E-state index in [1.807, 2.05) is 17.0 Å². The molecule has 0 unspecified atom stereocenters. The second-order valence-corrected chi connectivity index (χ2v) is 7.05. The summed E-state index contributed by atoms with van der Waals surface area (Å²) in [6, 6.07) is 12.5. The lowest BCUT2D eigenvalue weighted by Gasteiger charge is -2.34. The summed E-state index contributed by atoms with van der Waals surface area (Å²) in [4.78, 5) is 29.4. The van der Waals surface area contributed by atoms with Gasteiger partial charge in [-0.25, -0.2) is 0 Å². The standard InChI is InChI=1S/C22H24N2O5/c1-27-19-5-3-2-4-17(19)22(26)24-10-8-23(9-11-24)15-18(25)16-6-7-20-21(14-16)29-13-12-28-20/h2-7,14H,8-13,15H2,1H3. The molecule has 2 aliphatic heterocycles. The first-order chi connectivity index (χ1) is 14.2. The lowest BCUT2D eigenvalue weighted by atomic mass is 10.1. The van der Waals surface area contributed by atoms with E-state index in [-0.39, 0.29) is 11.7 Å². The average molecular weight is 396 g/mol. The lowest BCUT2D eigenvalue weighted by molar-refractivity contribution is 0.0621. The number of fused-ring (bicyclic) bond motifs is 1. The van der Waals surface area contributed by atoms with E-state index in [2.05, 4.69) is 4.90 Å². The lowest BCUT2D eigenvalue weighted by Crippen LogP contribution is -2.50. The van der Waals surface area contributed by atoms with Crippen LogP contribution < -0.4 is 14.2 Å². The van der Waals surface area contributed by atoms with Gasteiger partial charge in [-0.15, -0.1) is 0 Å². The Morgan fingerprint density at radius 3 is 2.45 bits per heavy atom. The van der Waals surface area contributed by atoms with Crippen molar-refractivity contribution in [1.29, 1.82) is 0 Å². The van der Waals surface area contributed by atoms with Crippen molar-refractivity contribution in [2.75, 3.05) is 53.0 Å². The van der Waals surface area contributed by atoms with Crippen LogP contribution in [0.2, 0.25) is 0 Å². The van der Waals surface area contributed by atoms with Crippen molar-refractivity contribution in [3.05, 3.63) is 53.6 Å². The highest BCUT2D eigenvalue weighted by Gasteiger charge is 2.25. The van der Waals surface area contributed by atoms with Gasteiger partial charge in [0, 0.05) is 31.7 Å². The van der Waals surface area contributed by atoms with Crippen molar-refractivity contribution in [2.45, 2.75) is 0 Å². The maximum atomic E-state index is 12.8. The number of ketones is 1. The first-order valence-electron chi connectivity index (χ1n) is 9.73. The van der Waals surface area contributed by atoms with Gasteiger partial charge in [-0.1, -0.05) is 12.1 Å². The zero-order valence-corrected chi connectivity index (χ0v) is 16.4. The van der Waals surface area contributed by atoms with Crippen LogP contribution in [0, 0.1) is 0 Å². The minimum atomic E-state index is -0.0414. The minimum absolute atomic E-state index is 0.0338. The van der Waals surface area contributed by atoms with Gasteiger partial charge in [-0.2, -0.15) is 0 Å². The Morgan fingerprint density at radius 2 is 1.69 bits per heavy atom. The zero-order chi connectivity index (χ0) is 20.2. The fourth-order valence-electron chi connectivity index (χ4n) is 3.61. The molecule has 0 bridgehead atoms. The molecule has 4 rings (SSSR count). The molecule has 2 heterocycles. The molecule has 7 heteroatoms. The Balaban J connectivity index is 1.34. The number of ether oxygens (including phenoxy) is 3. The van der Waals surface area contributed by atoms with Crippen molar-refractivity contribution in [3.8, 4) is 17.2 Å². The SMILES string of the molecule is COc1ccccc1C(=O)N1CCN(CC(=O)c2ccc3c(c2)OCCO3)CC1. The number of hydrogen-bond donors (Lipinski definition) is 0. The average Bonchev–Trinajstić information content (AvgIpc) is 2.78. The van der Waals surface area contributed by atoms with E-state index < -0.39 is 0 Å². The van der Waals surface area contributed by atoms with Gasteiger partial charge in [0.1, 0.15) is 19.0 Å². The van der Waals surface area contributed by atoms with E-state index in [1.165, 1.54) is 0 Å². The van der Waals surface area contributed by atoms with Crippen LogP contribution in [-0.2, 0) is 0 Å². The van der Waals surface area contributed by atoms with Crippen LogP contribution in [0.3, 0.4) is 0 Å². The van der Waals surface area contributed by atoms with Gasteiger partial charge in [0.2, 0.25) is 0 Å². The molecule has 7 nitrogen and oxygen atoms in total. The summed E-state index contributed by atoms with van der Waals surface area (Å²) in [5.74, 6) is 1.87. The van der Waals surface area contributed by atoms with E-state index in [9.17, 15) is 9.59 Å². The Morgan fingerprint density at radius 1 is 0.966 bits per heavy atom. The molecule has 0 N–H and O–H groups in total. The quantitative estimate of drug-likeness (QED) is 0.721. The van der Waals surface area contributed by atoms with Crippen LogP contribution in [0.15, 0.2) is 42.5 Å². The minimum Gasteiger partial charge on any atom is -0.496 e. The van der Waals surface area contributed by atoms with Gasteiger partial charge in [0.05, 0.1) is 19.2 Å². The van der Waals surface area contributed by atoms with Crippen molar-refractivity contribution in [3.63, 3.8) is 0 Å². The molecule has 1 amide bonds. The molecule has 29 heavy (non-hydrogen) atoms. The largest absolute Gasteiger partial charge is 0.496 e. The normalized spacial score (nSPS) is 16.4. The van der Waals surface area contributed by atoms with E-state index in [4.69, 9.17) is 14.2 Å². The molecule has 2 aromatic rings. The Kier molecular flexibility index (Phi) is 5.67. The van der Waals surface area contributed by atoms with Gasteiger partial charge < -0.3 is 19.1 Å². The summed E-state index contributed by atoms with van der Waals surface area (Å²) in [5, 5.41) is 0.